The lowest BCUT2D eigenvalue weighted by Crippen LogP contribution is -2.30. The Morgan fingerprint density at radius 3 is 2.25 bits per heavy atom. The smallest absolute Gasteiger partial charge is 0.407 e. The van der Waals surface area contributed by atoms with Crippen LogP contribution >= 0.6 is 0 Å². The zero-order chi connectivity index (χ0) is 14.2. The molecule has 3 nitrogen and oxygen atoms in total. The molecule has 0 bridgehead atoms. The molecule has 1 atom stereocenters. The van der Waals surface area contributed by atoms with Gasteiger partial charge in [-0.3, -0.25) is 0 Å². The Bertz CT molecular complexity index is 525. The molecule has 104 valence electrons. The van der Waals surface area contributed by atoms with Crippen molar-refractivity contribution in [1.29, 1.82) is 0 Å². The van der Waals surface area contributed by atoms with Crippen LogP contribution in [-0.2, 0) is 11.2 Å². The first-order valence-electron chi connectivity index (χ1n) is 6.81. The van der Waals surface area contributed by atoms with Crippen molar-refractivity contribution in [3.05, 3.63) is 71.8 Å². The van der Waals surface area contributed by atoms with E-state index in [2.05, 4.69) is 17.4 Å². The molecule has 0 heterocycles. The van der Waals surface area contributed by atoms with Gasteiger partial charge in [0.2, 0.25) is 0 Å². The Hall–Kier alpha value is -2.29. The number of carbonyl (C=O) groups is 1. The summed E-state index contributed by atoms with van der Waals surface area (Å²) >= 11 is 0. The highest BCUT2D eigenvalue weighted by Crippen LogP contribution is 2.18. The highest BCUT2D eigenvalue weighted by atomic mass is 16.5. The third-order valence-corrected chi connectivity index (χ3v) is 3.05. The van der Waals surface area contributed by atoms with Crippen molar-refractivity contribution in [2.24, 2.45) is 0 Å². The summed E-state index contributed by atoms with van der Waals surface area (Å²) in [5.74, 6) is 0. The van der Waals surface area contributed by atoms with Crippen LogP contribution in [0.1, 0.15) is 24.1 Å². The van der Waals surface area contributed by atoms with Crippen LogP contribution in [0.4, 0.5) is 4.79 Å². The average Bonchev–Trinajstić information content (AvgIpc) is 2.49. The Balaban J connectivity index is 2.14. The van der Waals surface area contributed by atoms with E-state index in [-0.39, 0.29) is 12.1 Å². The molecular weight excluding hydrogens is 250 g/mol. The van der Waals surface area contributed by atoms with Crippen molar-refractivity contribution >= 4 is 6.09 Å². The van der Waals surface area contributed by atoms with Gasteiger partial charge in [-0.25, -0.2) is 4.79 Å². The van der Waals surface area contributed by atoms with Crippen molar-refractivity contribution in [3.8, 4) is 0 Å². The lowest BCUT2D eigenvalue weighted by molar-refractivity contribution is 0.148. The molecule has 0 aromatic heterocycles. The highest BCUT2D eigenvalue weighted by Gasteiger charge is 2.15. The summed E-state index contributed by atoms with van der Waals surface area (Å²) in [6.07, 6.45) is 0.362. The molecule has 0 saturated heterocycles. The van der Waals surface area contributed by atoms with E-state index in [1.165, 1.54) is 5.56 Å². The second kappa shape index (κ2) is 7.34. The second-order valence-corrected chi connectivity index (χ2v) is 4.52. The van der Waals surface area contributed by atoms with Crippen LogP contribution in [0.25, 0.3) is 0 Å². The van der Waals surface area contributed by atoms with Gasteiger partial charge in [-0.05, 0) is 24.5 Å². The molecule has 0 fully saturated rings. The molecular formula is C17H19NO2. The number of carbonyl (C=O) groups excluding carboxylic acids is 1. The molecule has 1 N–H and O–H groups in total. The Labute approximate surface area is 119 Å². The predicted octanol–water partition coefficient (Wildman–Crippen LogP) is 3.72. The molecule has 2 rings (SSSR count). The number of amides is 1. The molecule has 3 heteroatoms. The topological polar surface area (TPSA) is 38.3 Å². The number of hydrogen-bond donors (Lipinski definition) is 1. The normalized spacial score (nSPS) is 11.7. The first kappa shape index (κ1) is 14.1. The number of hydrogen-bond acceptors (Lipinski definition) is 2. The third-order valence-electron chi connectivity index (χ3n) is 3.05. The lowest BCUT2D eigenvalue weighted by Gasteiger charge is -2.19. The lowest BCUT2D eigenvalue weighted by atomic mass is 9.99. The summed E-state index contributed by atoms with van der Waals surface area (Å²) in [5.41, 5.74) is 2.25. The van der Waals surface area contributed by atoms with E-state index in [0.717, 1.165) is 12.0 Å². The van der Waals surface area contributed by atoms with Crippen molar-refractivity contribution < 1.29 is 9.53 Å². The summed E-state index contributed by atoms with van der Waals surface area (Å²) in [6, 6.07) is 20.0. The number of ether oxygens (including phenoxy) is 1. The summed E-state index contributed by atoms with van der Waals surface area (Å²) in [4.78, 5) is 11.7. The van der Waals surface area contributed by atoms with E-state index >= 15 is 0 Å². The van der Waals surface area contributed by atoms with E-state index in [0.29, 0.717) is 6.61 Å². The molecule has 0 spiro atoms. The van der Waals surface area contributed by atoms with E-state index in [4.69, 9.17) is 4.74 Å². The van der Waals surface area contributed by atoms with Crippen molar-refractivity contribution in [3.63, 3.8) is 0 Å². The van der Waals surface area contributed by atoms with Crippen LogP contribution in [0, 0.1) is 0 Å². The third kappa shape index (κ3) is 4.12. The summed E-state index contributed by atoms with van der Waals surface area (Å²) in [5, 5.41) is 2.92. The van der Waals surface area contributed by atoms with E-state index in [1.54, 1.807) is 6.92 Å². The van der Waals surface area contributed by atoms with Gasteiger partial charge in [0.25, 0.3) is 0 Å². The molecule has 20 heavy (non-hydrogen) atoms. The summed E-state index contributed by atoms with van der Waals surface area (Å²) in [6.45, 7) is 2.17. The molecule has 2 aromatic carbocycles. The number of rotatable bonds is 5. The summed E-state index contributed by atoms with van der Waals surface area (Å²) in [7, 11) is 0. The summed E-state index contributed by atoms with van der Waals surface area (Å²) < 4.78 is 4.98. The van der Waals surface area contributed by atoms with Crippen LogP contribution < -0.4 is 5.32 Å². The Morgan fingerprint density at radius 2 is 1.65 bits per heavy atom. The molecule has 0 aliphatic heterocycles. The fraction of sp³-hybridized carbons (Fsp3) is 0.235. The van der Waals surface area contributed by atoms with Crippen molar-refractivity contribution in [2.75, 3.05) is 6.61 Å². The van der Waals surface area contributed by atoms with Crippen LogP contribution in [0.3, 0.4) is 0 Å². The molecule has 1 amide bonds. The minimum absolute atomic E-state index is 0.0855. The van der Waals surface area contributed by atoms with Gasteiger partial charge >= 0.3 is 6.09 Å². The van der Waals surface area contributed by atoms with Crippen molar-refractivity contribution in [2.45, 2.75) is 19.4 Å². The molecule has 0 saturated carbocycles. The van der Waals surface area contributed by atoms with Gasteiger partial charge in [0, 0.05) is 0 Å². The fourth-order valence-electron chi connectivity index (χ4n) is 2.10. The molecule has 2 aromatic rings. The van der Waals surface area contributed by atoms with E-state index in [9.17, 15) is 4.79 Å². The van der Waals surface area contributed by atoms with Gasteiger partial charge in [0.1, 0.15) is 0 Å². The van der Waals surface area contributed by atoms with E-state index < -0.39 is 0 Å². The van der Waals surface area contributed by atoms with Gasteiger partial charge in [0.05, 0.1) is 12.6 Å². The van der Waals surface area contributed by atoms with E-state index in [1.807, 2.05) is 48.5 Å². The quantitative estimate of drug-likeness (QED) is 0.898. The predicted molar refractivity (Wildman–Crippen MR) is 79.5 cm³/mol. The molecule has 0 aliphatic carbocycles. The average molecular weight is 269 g/mol. The maximum absolute atomic E-state index is 11.7. The zero-order valence-electron chi connectivity index (χ0n) is 11.6. The van der Waals surface area contributed by atoms with Gasteiger partial charge < -0.3 is 10.1 Å². The van der Waals surface area contributed by atoms with Gasteiger partial charge in [0.15, 0.2) is 0 Å². The van der Waals surface area contributed by atoms with Crippen LogP contribution in [-0.4, -0.2) is 12.7 Å². The highest BCUT2D eigenvalue weighted by molar-refractivity contribution is 5.68. The number of benzene rings is 2. The van der Waals surface area contributed by atoms with Gasteiger partial charge in [-0.1, -0.05) is 60.7 Å². The number of alkyl carbamates (subject to hydrolysis) is 1. The Kier molecular flexibility index (Phi) is 5.18. The minimum Gasteiger partial charge on any atom is -0.450 e. The first-order chi connectivity index (χ1) is 9.79. The maximum atomic E-state index is 11.7. The minimum atomic E-state index is -0.378. The SMILES string of the molecule is CCOC(=O)N[C@@H](Cc1ccccc1)c1ccccc1. The van der Waals surface area contributed by atoms with Crippen LogP contribution in [0.5, 0.6) is 0 Å². The zero-order valence-corrected chi connectivity index (χ0v) is 11.6. The van der Waals surface area contributed by atoms with Gasteiger partial charge in [-0.2, -0.15) is 0 Å². The largest absolute Gasteiger partial charge is 0.450 e. The van der Waals surface area contributed by atoms with Crippen LogP contribution in [0.2, 0.25) is 0 Å². The number of nitrogens with one attached hydrogen (secondary N) is 1. The fourth-order valence-corrected chi connectivity index (χ4v) is 2.10. The second-order valence-electron chi connectivity index (χ2n) is 4.52. The first-order valence-corrected chi connectivity index (χ1v) is 6.81. The van der Waals surface area contributed by atoms with Crippen molar-refractivity contribution in [1.82, 2.24) is 5.32 Å². The molecule has 0 aliphatic rings. The molecule has 0 radical (unpaired) electrons. The van der Waals surface area contributed by atoms with Gasteiger partial charge in [-0.15, -0.1) is 0 Å². The molecule has 0 unspecified atom stereocenters. The Morgan fingerprint density at radius 1 is 1.05 bits per heavy atom. The standard InChI is InChI=1S/C17H19NO2/c1-2-20-17(19)18-16(15-11-7-4-8-12-15)13-14-9-5-3-6-10-14/h3-12,16H,2,13H2,1H3,(H,18,19)/t16-/m0/s1. The monoisotopic (exact) mass is 269 g/mol. The van der Waals surface area contributed by atoms with Crippen LogP contribution in [0.15, 0.2) is 60.7 Å². The maximum Gasteiger partial charge on any atom is 0.407 e.